The van der Waals surface area contributed by atoms with Gasteiger partial charge in [0.1, 0.15) is 0 Å². The molecule has 0 saturated carbocycles. The SMILES string of the molecule is CCCCN(CCO)C(=O)c1ccccc1NN. The predicted molar refractivity (Wildman–Crippen MR) is 72.1 cm³/mol. The molecule has 4 N–H and O–H groups in total. The normalized spacial score (nSPS) is 10.2. The van der Waals surface area contributed by atoms with E-state index in [4.69, 9.17) is 10.9 Å². The number of nitrogens with two attached hydrogens (primary N) is 1. The summed E-state index contributed by atoms with van der Waals surface area (Å²) in [7, 11) is 0. The Morgan fingerprint density at radius 3 is 2.72 bits per heavy atom. The van der Waals surface area contributed by atoms with Crippen LogP contribution in [0.5, 0.6) is 0 Å². The summed E-state index contributed by atoms with van der Waals surface area (Å²) < 4.78 is 0. The van der Waals surface area contributed by atoms with Crippen LogP contribution in [0.15, 0.2) is 24.3 Å². The summed E-state index contributed by atoms with van der Waals surface area (Å²) in [6.45, 7) is 3.02. The van der Waals surface area contributed by atoms with Gasteiger partial charge in [0.15, 0.2) is 0 Å². The first kappa shape index (κ1) is 14.5. The number of carbonyl (C=O) groups excluding carboxylic acids is 1. The second kappa shape index (κ2) is 7.68. The smallest absolute Gasteiger partial charge is 0.256 e. The first-order chi connectivity index (χ1) is 8.74. The zero-order chi connectivity index (χ0) is 13.4. The van der Waals surface area contributed by atoms with Crippen LogP contribution in [0.3, 0.4) is 0 Å². The van der Waals surface area contributed by atoms with Gasteiger partial charge in [0.2, 0.25) is 0 Å². The van der Waals surface area contributed by atoms with Gasteiger partial charge in [-0.15, -0.1) is 0 Å². The average Bonchev–Trinajstić information content (AvgIpc) is 2.42. The quantitative estimate of drug-likeness (QED) is 0.503. The van der Waals surface area contributed by atoms with Gasteiger partial charge in [-0.1, -0.05) is 25.5 Å². The lowest BCUT2D eigenvalue weighted by Crippen LogP contribution is -2.35. The lowest BCUT2D eigenvalue weighted by molar-refractivity contribution is 0.0720. The van der Waals surface area contributed by atoms with E-state index >= 15 is 0 Å². The van der Waals surface area contributed by atoms with Crippen LogP contribution in [-0.2, 0) is 0 Å². The van der Waals surface area contributed by atoms with Crippen LogP contribution in [0.1, 0.15) is 30.1 Å². The molecule has 0 aliphatic rings. The fourth-order valence-electron chi connectivity index (χ4n) is 1.75. The van der Waals surface area contributed by atoms with Crippen LogP contribution in [-0.4, -0.2) is 35.6 Å². The van der Waals surface area contributed by atoms with Gasteiger partial charge in [0.25, 0.3) is 5.91 Å². The molecule has 18 heavy (non-hydrogen) atoms. The van der Waals surface area contributed by atoms with Gasteiger partial charge in [-0.05, 0) is 18.6 Å². The third kappa shape index (κ3) is 3.72. The number of aliphatic hydroxyl groups excluding tert-OH is 1. The van der Waals surface area contributed by atoms with Crippen LogP contribution in [0.4, 0.5) is 5.69 Å². The molecule has 5 nitrogen and oxygen atoms in total. The number of carbonyl (C=O) groups is 1. The van der Waals surface area contributed by atoms with E-state index in [1.807, 2.05) is 6.07 Å². The maximum atomic E-state index is 12.3. The zero-order valence-corrected chi connectivity index (χ0v) is 10.7. The topological polar surface area (TPSA) is 78.6 Å². The van der Waals surface area contributed by atoms with Crippen molar-refractivity contribution in [3.63, 3.8) is 0 Å². The summed E-state index contributed by atoms with van der Waals surface area (Å²) in [5, 5.41) is 9.02. The number of hydrogen-bond acceptors (Lipinski definition) is 4. The fourth-order valence-corrected chi connectivity index (χ4v) is 1.75. The van der Waals surface area contributed by atoms with E-state index in [1.165, 1.54) is 0 Å². The van der Waals surface area contributed by atoms with E-state index in [1.54, 1.807) is 23.1 Å². The highest BCUT2D eigenvalue weighted by Crippen LogP contribution is 2.16. The highest BCUT2D eigenvalue weighted by molar-refractivity contribution is 5.99. The van der Waals surface area contributed by atoms with Crippen LogP contribution < -0.4 is 11.3 Å². The number of nitrogens with zero attached hydrogens (tertiary/aromatic N) is 1. The number of nitrogen functional groups attached to an aromatic ring is 1. The Hall–Kier alpha value is -1.59. The first-order valence-electron chi connectivity index (χ1n) is 6.20. The van der Waals surface area contributed by atoms with E-state index in [0.29, 0.717) is 24.3 Å². The molecule has 0 aromatic heterocycles. The molecule has 0 atom stereocenters. The molecule has 5 heteroatoms. The van der Waals surface area contributed by atoms with Crippen molar-refractivity contribution in [2.75, 3.05) is 25.1 Å². The maximum absolute atomic E-state index is 12.3. The van der Waals surface area contributed by atoms with E-state index in [0.717, 1.165) is 12.8 Å². The molecule has 100 valence electrons. The number of amides is 1. The number of rotatable bonds is 7. The molecule has 0 fully saturated rings. The van der Waals surface area contributed by atoms with Crippen molar-refractivity contribution >= 4 is 11.6 Å². The zero-order valence-electron chi connectivity index (χ0n) is 10.7. The molecule has 0 radical (unpaired) electrons. The molecule has 0 spiro atoms. The summed E-state index contributed by atoms with van der Waals surface area (Å²) in [4.78, 5) is 14.0. The van der Waals surface area contributed by atoms with Crippen molar-refractivity contribution in [3.05, 3.63) is 29.8 Å². The lowest BCUT2D eigenvalue weighted by Gasteiger charge is -2.22. The molecule has 0 heterocycles. The third-order valence-electron chi connectivity index (χ3n) is 2.75. The number of benzene rings is 1. The molecular formula is C13H21N3O2. The number of unbranched alkanes of at least 4 members (excludes halogenated alkanes) is 1. The van der Waals surface area contributed by atoms with E-state index < -0.39 is 0 Å². The summed E-state index contributed by atoms with van der Waals surface area (Å²) in [5.41, 5.74) is 3.65. The number of anilines is 1. The molecule has 0 bridgehead atoms. The molecule has 0 saturated heterocycles. The summed E-state index contributed by atoms with van der Waals surface area (Å²) in [5.74, 6) is 5.29. The third-order valence-corrected chi connectivity index (χ3v) is 2.75. The number of hydrazine groups is 1. The standard InChI is InChI=1S/C13H21N3O2/c1-2-3-8-16(9-10-17)13(18)11-6-4-5-7-12(11)15-14/h4-7,15,17H,2-3,8-10,14H2,1H3. The van der Waals surface area contributed by atoms with Crippen LogP contribution >= 0.6 is 0 Å². The number of aliphatic hydroxyl groups is 1. The molecule has 1 aromatic carbocycles. The molecule has 0 unspecified atom stereocenters. The van der Waals surface area contributed by atoms with E-state index in [9.17, 15) is 4.79 Å². The van der Waals surface area contributed by atoms with Gasteiger partial charge in [0, 0.05) is 13.1 Å². The Kier molecular flexibility index (Phi) is 6.18. The van der Waals surface area contributed by atoms with Gasteiger partial charge >= 0.3 is 0 Å². The van der Waals surface area contributed by atoms with Crippen LogP contribution in [0, 0.1) is 0 Å². The van der Waals surface area contributed by atoms with E-state index in [-0.39, 0.29) is 12.5 Å². The van der Waals surface area contributed by atoms with Crippen molar-refractivity contribution in [3.8, 4) is 0 Å². The van der Waals surface area contributed by atoms with Gasteiger partial charge < -0.3 is 15.4 Å². The first-order valence-corrected chi connectivity index (χ1v) is 6.20. The van der Waals surface area contributed by atoms with Crippen LogP contribution in [0.2, 0.25) is 0 Å². The Bertz CT molecular complexity index is 382. The van der Waals surface area contributed by atoms with Gasteiger partial charge in [0.05, 0.1) is 17.9 Å². The summed E-state index contributed by atoms with van der Waals surface area (Å²) in [6, 6.07) is 7.09. The molecule has 1 aromatic rings. The molecule has 1 rings (SSSR count). The second-order valence-corrected chi connectivity index (χ2v) is 4.06. The minimum absolute atomic E-state index is 0.0341. The summed E-state index contributed by atoms with van der Waals surface area (Å²) >= 11 is 0. The second-order valence-electron chi connectivity index (χ2n) is 4.06. The highest BCUT2D eigenvalue weighted by atomic mass is 16.3. The van der Waals surface area contributed by atoms with Gasteiger partial charge in [-0.25, -0.2) is 0 Å². The minimum Gasteiger partial charge on any atom is -0.395 e. The van der Waals surface area contributed by atoms with Crippen molar-refractivity contribution in [2.45, 2.75) is 19.8 Å². The van der Waals surface area contributed by atoms with Gasteiger partial charge in [-0.2, -0.15) is 0 Å². The van der Waals surface area contributed by atoms with E-state index in [2.05, 4.69) is 12.3 Å². The molecule has 0 aliphatic heterocycles. The fraction of sp³-hybridized carbons (Fsp3) is 0.462. The van der Waals surface area contributed by atoms with Crippen molar-refractivity contribution in [2.24, 2.45) is 5.84 Å². The minimum atomic E-state index is -0.106. The van der Waals surface area contributed by atoms with Crippen molar-refractivity contribution < 1.29 is 9.90 Å². The predicted octanol–water partition coefficient (Wildman–Crippen LogP) is 1.21. The highest BCUT2D eigenvalue weighted by Gasteiger charge is 2.17. The largest absolute Gasteiger partial charge is 0.395 e. The number of para-hydroxylation sites is 1. The Morgan fingerprint density at radius 2 is 2.11 bits per heavy atom. The van der Waals surface area contributed by atoms with Crippen LogP contribution in [0.25, 0.3) is 0 Å². The Labute approximate surface area is 108 Å². The number of hydrogen-bond donors (Lipinski definition) is 3. The summed E-state index contributed by atoms with van der Waals surface area (Å²) in [6.07, 6.45) is 1.93. The molecule has 1 amide bonds. The molecular weight excluding hydrogens is 230 g/mol. The number of nitrogens with one attached hydrogen (secondary N) is 1. The van der Waals surface area contributed by atoms with Gasteiger partial charge in [-0.3, -0.25) is 10.6 Å². The van der Waals surface area contributed by atoms with Crippen molar-refractivity contribution in [1.82, 2.24) is 4.90 Å². The monoisotopic (exact) mass is 251 g/mol. The Balaban J connectivity index is 2.86. The maximum Gasteiger partial charge on any atom is 0.256 e. The molecule has 0 aliphatic carbocycles. The Morgan fingerprint density at radius 1 is 1.39 bits per heavy atom. The van der Waals surface area contributed by atoms with Crippen molar-refractivity contribution in [1.29, 1.82) is 0 Å². The average molecular weight is 251 g/mol. The lowest BCUT2D eigenvalue weighted by atomic mass is 10.1.